The van der Waals surface area contributed by atoms with Crippen molar-refractivity contribution in [2.24, 2.45) is 0 Å². The molecule has 1 aromatic carbocycles. The summed E-state index contributed by atoms with van der Waals surface area (Å²) in [5, 5.41) is 0.361. The first-order valence-electron chi connectivity index (χ1n) is 6.60. The number of halogens is 4. The molecule has 21 heavy (non-hydrogen) atoms. The molecule has 0 radical (unpaired) electrons. The number of amides is 1. The van der Waals surface area contributed by atoms with Crippen LogP contribution < -0.4 is 0 Å². The number of carbonyl (C=O) groups is 1. The lowest BCUT2D eigenvalue weighted by molar-refractivity contribution is -0.138. The van der Waals surface area contributed by atoms with E-state index in [0.29, 0.717) is 18.3 Å². The van der Waals surface area contributed by atoms with E-state index in [1.807, 2.05) is 18.7 Å². The van der Waals surface area contributed by atoms with Gasteiger partial charge in [0, 0.05) is 34.1 Å². The van der Waals surface area contributed by atoms with Gasteiger partial charge in [0.05, 0.1) is 5.56 Å². The van der Waals surface area contributed by atoms with E-state index in [9.17, 15) is 18.0 Å². The molecule has 1 atom stereocenters. The second-order valence-corrected chi connectivity index (χ2v) is 7.11. The van der Waals surface area contributed by atoms with E-state index in [1.165, 1.54) is 12.1 Å². The van der Waals surface area contributed by atoms with Crippen molar-refractivity contribution < 1.29 is 18.0 Å². The summed E-state index contributed by atoms with van der Waals surface area (Å²) in [6.45, 7) is 3.22. The predicted molar refractivity (Wildman–Crippen MR) is 81.6 cm³/mol. The van der Waals surface area contributed by atoms with Crippen LogP contribution in [0.15, 0.2) is 22.7 Å². The fourth-order valence-corrected chi connectivity index (χ4v) is 3.86. The number of benzene rings is 1. The van der Waals surface area contributed by atoms with Gasteiger partial charge in [-0.15, -0.1) is 0 Å². The van der Waals surface area contributed by atoms with Crippen LogP contribution >= 0.6 is 27.7 Å². The lowest BCUT2D eigenvalue weighted by Gasteiger charge is -2.32. The van der Waals surface area contributed by atoms with E-state index in [2.05, 4.69) is 15.9 Å². The Morgan fingerprint density at radius 1 is 1.48 bits per heavy atom. The van der Waals surface area contributed by atoms with Gasteiger partial charge in [0.15, 0.2) is 0 Å². The lowest BCUT2D eigenvalue weighted by atomic mass is 10.1. The summed E-state index contributed by atoms with van der Waals surface area (Å²) in [4.78, 5) is 14.0. The minimum Gasteiger partial charge on any atom is -0.337 e. The second kappa shape index (κ2) is 6.60. The number of thioether (sulfide) groups is 1. The molecule has 1 heterocycles. The minimum absolute atomic E-state index is 0.0489. The molecular formula is C14H15BrF3NOS. The highest BCUT2D eigenvalue weighted by Gasteiger charge is 2.34. The standard InChI is InChI=1S/C14H15BrF3NOS/c1-2-10-8-19(5-6-21-10)13(20)9-3-4-12(15)11(7-9)14(16,17)18/h3-4,7,10H,2,5-6,8H2,1H3. The van der Waals surface area contributed by atoms with Crippen molar-refractivity contribution in [3.05, 3.63) is 33.8 Å². The Kier molecular flexibility index (Phi) is 5.24. The molecule has 1 unspecified atom stereocenters. The van der Waals surface area contributed by atoms with Crippen molar-refractivity contribution in [1.82, 2.24) is 4.90 Å². The van der Waals surface area contributed by atoms with Gasteiger partial charge in [-0.3, -0.25) is 4.79 Å². The molecule has 7 heteroatoms. The molecule has 1 aromatic rings. The molecule has 1 amide bonds. The predicted octanol–water partition coefficient (Wildman–Crippen LogP) is 4.44. The van der Waals surface area contributed by atoms with Crippen LogP contribution in [0.2, 0.25) is 0 Å². The zero-order chi connectivity index (χ0) is 15.6. The van der Waals surface area contributed by atoms with Crippen LogP contribution in [-0.2, 0) is 6.18 Å². The fraction of sp³-hybridized carbons (Fsp3) is 0.500. The first-order valence-corrected chi connectivity index (χ1v) is 8.44. The van der Waals surface area contributed by atoms with Crippen molar-refractivity contribution in [1.29, 1.82) is 0 Å². The van der Waals surface area contributed by atoms with Crippen molar-refractivity contribution >= 4 is 33.6 Å². The number of carbonyl (C=O) groups excluding carboxylic acids is 1. The Balaban J connectivity index is 2.23. The summed E-state index contributed by atoms with van der Waals surface area (Å²) in [6.07, 6.45) is -3.53. The number of nitrogens with zero attached hydrogens (tertiary/aromatic N) is 1. The highest BCUT2D eigenvalue weighted by molar-refractivity contribution is 9.10. The maximum atomic E-state index is 12.9. The third-order valence-electron chi connectivity index (χ3n) is 3.40. The molecule has 1 saturated heterocycles. The molecule has 0 spiro atoms. The highest BCUT2D eigenvalue weighted by atomic mass is 79.9. The van der Waals surface area contributed by atoms with Crippen LogP contribution in [0.3, 0.4) is 0 Å². The Labute approximate surface area is 134 Å². The molecule has 0 saturated carbocycles. The van der Waals surface area contributed by atoms with Crippen LogP contribution in [0.1, 0.15) is 29.3 Å². The SMILES string of the molecule is CCC1CN(C(=O)c2ccc(Br)c(C(F)(F)F)c2)CCS1. The van der Waals surface area contributed by atoms with Gasteiger partial charge < -0.3 is 4.90 Å². The van der Waals surface area contributed by atoms with E-state index in [-0.39, 0.29) is 15.9 Å². The van der Waals surface area contributed by atoms with Crippen molar-refractivity contribution in [2.45, 2.75) is 24.8 Å². The van der Waals surface area contributed by atoms with Gasteiger partial charge in [0.2, 0.25) is 0 Å². The fourth-order valence-electron chi connectivity index (χ4n) is 2.21. The number of rotatable bonds is 2. The molecule has 2 rings (SSSR count). The quantitative estimate of drug-likeness (QED) is 0.754. The van der Waals surface area contributed by atoms with E-state index < -0.39 is 11.7 Å². The lowest BCUT2D eigenvalue weighted by Crippen LogP contribution is -2.41. The zero-order valence-corrected chi connectivity index (χ0v) is 13.8. The van der Waals surface area contributed by atoms with E-state index in [1.54, 1.807) is 4.90 Å². The summed E-state index contributed by atoms with van der Waals surface area (Å²) >= 11 is 4.69. The number of alkyl halides is 3. The molecule has 1 aliphatic heterocycles. The van der Waals surface area contributed by atoms with Gasteiger partial charge in [0.1, 0.15) is 0 Å². The van der Waals surface area contributed by atoms with Crippen LogP contribution in [-0.4, -0.2) is 34.9 Å². The minimum atomic E-state index is -4.47. The topological polar surface area (TPSA) is 20.3 Å². The third-order valence-corrected chi connectivity index (χ3v) is 5.46. The normalized spacial score (nSPS) is 19.7. The maximum Gasteiger partial charge on any atom is 0.417 e. The second-order valence-electron chi connectivity index (χ2n) is 4.84. The third kappa shape index (κ3) is 3.94. The van der Waals surface area contributed by atoms with Gasteiger partial charge in [-0.1, -0.05) is 22.9 Å². The van der Waals surface area contributed by atoms with E-state index in [0.717, 1.165) is 18.2 Å². The highest BCUT2D eigenvalue weighted by Crippen LogP contribution is 2.35. The Morgan fingerprint density at radius 3 is 2.81 bits per heavy atom. The molecular weight excluding hydrogens is 367 g/mol. The molecule has 0 aromatic heterocycles. The van der Waals surface area contributed by atoms with E-state index >= 15 is 0 Å². The number of hydrogen-bond acceptors (Lipinski definition) is 2. The van der Waals surface area contributed by atoms with Crippen LogP contribution in [0.25, 0.3) is 0 Å². The van der Waals surface area contributed by atoms with Gasteiger partial charge in [-0.25, -0.2) is 0 Å². The first kappa shape index (κ1) is 16.7. The van der Waals surface area contributed by atoms with Gasteiger partial charge >= 0.3 is 6.18 Å². The summed E-state index contributed by atoms with van der Waals surface area (Å²) < 4.78 is 38.6. The average Bonchev–Trinajstić information content (AvgIpc) is 2.46. The smallest absolute Gasteiger partial charge is 0.337 e. The van der Waals surface area contributed by atoms with E-state index in [4.69, 9.17) is 0 Å². The number of hydrogen-bond donors (Lipinski definition) is 0. The molecule has 1 fully saturated rings. The molecule has 1 aliphatic rings. The Bertz CT molecular complexity index is 535. The van der Waals surface area contributed by atoms with Crippen LogP contribution in [0.4, 0.5) is 13.2 Å². The zero-order valence-electron chi connectivity index (χ0n) is 11.4. The summed E-state index contributed by atoms with van der Waals surface area (Å²) in [5.41, 5.74) is -0.723. The molecule has 0 N–H and O–H groups in total. The Hall–Kier alpha value is -0.690. The average molecular weight is 382 g/mol. The van der Waals surface area contributed by atoms with Gasteiger partial charge in [0.25, 0.3) is 5.91 Å². The van der Waals surface area contributed by atoms with Gasteiger partial charge in [-0.2, -0.15) is 24.9 Å². The van der Waals surface area contributed by atoms with Crippen LogP contribution in [0.5, 0.6) is 0 Å². The summed E-state index contributed by atoms with van der Waals surface area (Å²) in [7, 11) is 0. The summed E-state index contributed by atoms with van der Waals surface area (Å²) in [6, 6.07) is 3.64. The molecule has 0 bridgehead atoms. The monoisotopic (exact) mass is 381 g/mol. The molecule has 116 valence electrons. The van der Waals surface area contributed by atoms with Crippen molar-refractivity contribution in [2.75, 3.05) is 18.8 Å². The maximum absolute atomic E-state index is 12.9. The first-order chi connectivity index (χ1) is 9.82. The molecule has 0 aliphatic carbocycles. The molecule has 2 nitrogen and oxygen atoms in total. The van der Waals surface area contributed by atoms with Crippen LogP contribution in [0, 0.1) is 0 Å². The van der Waals surface area contributed by atoms with Crippen molar-refractivity contribution in [3.8, 4) is 0 Å². The largest absolute Gasteiger partial charge is 0.417 e. The summed E-state index contributed by atoms with van der Waals surface area (Å²) in [5.74, 6) is 0.499. The van der Waals surface area contributed by atoms with Gasteiger partial charge in [-0.05, 0) is 24.6 Å². The Morgan fingerprint density at radius 2 is 2.19 bits per heavy atom. The van der Waals surface area contributed by atoms with Crippen molar-refractivity contribution in [3.63, 3.8) is 0 Å².